The van der Waals surface area contributed by atoms with Crippen LogP contribution >= 0.6 is 11.3 Å². The fourth-order valence-electron chi connectivity index (χ4n) is 1.42. The van der Waals surface area contributed by atoms with Crippen molar-refractivity contribution >= 4 is 21.4 Å². The predicted octanol–water partition coefficient (Wildman–Crippen LogP) is 2.89. The molecule has 0 saturated carbocycles. The van der Waals surface area contributed by atoms with Gasteiger partial charge >= 0.3 is 0 Å². The first-order valence-electron chi connectivity index (χ1n) is 4.61. The number of phenols is 1. The van der Waals surface area contributed by atoms with Gasteiger partial charge in [-0.15, -0.1) is 11.3 Å². The summed E-state index contributed by atoms with van der Waals surface area (Å²) in [7, 11) is 1.94. The minimum absolute atomic E-state index is 0.340. The zero-order valence-electron chi connectivity index (χ0n) is 8.24. The van der Waals surface area contributed by atoms with E-state index in [2.05, 4.69) is 18.3 Å². The summed E-state index contributed by atoms with van der Waals surface area (Å²) < 4.78 is 1.14. The van der Waals surface area contributed by atoms with Crippen LogP contribution < -0.4 is 5.32 Å². The van der Waals surface area contributed by atoms with Crippen molar-refractivity contribution in [3.8, 4) is 5.75 Å². The largest absolute Gasteiger partial charge is 0.507 e. The Morgan fingerprint density at radius 3 is 2.86 bits per heavy atom. The van der Waals surface area contributed by atoms with E-state index in [0.717, 1.165) is 10.1 Å². The van der Waals surface area contributed by atoms with Crippen LogP contribution in [0.5, 0.6) is 5.75 Å². The highest BCUT2D eigenvalue weighted by Gasteiger charge is 2.09. The monoisotopic (exact) mass is 207 g/mol. The molecule has 14 heavy (non-hydrogen) atoms. The Morgan fingerprint density at radius 2 is 2.21 bits per heavy atom. The number of phenolic OH excluding ortho intramolecular Hbond substituents is 1. The Morgan fingerprint density at radius 1 is 1.43 bits per heavy atom. The maximum Gasteiger partial charge on any atom is 0.124 e. The highest BCUT2D eigenvalue weighted by molar-refractivity contribution is 7.19. The molecule has 1 heterocycles. The molecule has 74 valence electrons. The lowest BCUT2D eigenvalue weighted by Crippen LogP contribution is -2.10. The molecular formula is C11H13NOS. The average Bonchev–Trinajstić information content (AvgIpc) is 2.62. The van der Waals surface area contributed by atoms with Crippen molar-refractivity contribution in [2.24, 2.45) is 0 Å². The van der Waals surface area contributed by atoms with E-state index in [1.54, 1.807) is 17.4 Å². The SMILES string of the molecule is CNC(C)c1cc2c(O)cccc2s1. The topological polar surface area (TPSA) is 32.3 Å². The molecule has 3 heteroatoms. The van der Waals surface area contributed by atoms with Gasteiger partial charge < -0.3 is 10.4 Å². The van der Waals surface area contributed by atoms with E-state index in [1.165, 1.54) is 4.88 Å². The Hall–Kier alpha value is -1.06. The first-order valence-corrected chi connectivity index (χ1v) is 5.42. The van der Waals surface area contributed by atoms with Crippen molar-refractivity contribution < 1.29 is 5.11 Å². The smallest absolute Gasteiger partial charge is 0.124 e. The summed E-state index contributed by atoms with van der Waals surface area (Å²) in [6.07, 6.45) is 0. The van der Waals surface area contributed by atoms with Crippen LogP contribution in [0.4, 0.5) is 0 Å². The minimum atomic E-state index is 0.340. The summed E-state index contributed by atoms with van der Waals surface area (Å²) in [6.45, 7) is 2.11. The summed E-state index contributed by atoms with van der Waals surface area (Å²) in [4.78, 5) is 1.25. The van der Waals surface area contributed by atoms with Crippen LogP contribution in [0.25, 0.3) is 10.1 Å². The van der Waals surface area contributed by atoms with Gasteiger partial charge in [0.1, 0.15) is 5.75 Å². The molecule has 0 saturated heterocycles. The molecule has 0 amide bonds. The second-order valence-electron chi connectivity index (χ2n) is 3.35. The number of aromatic hydroxyl groups is 1. The van der Waals surface area contributed by atoms with Crippen molar-refractivity contribution in [3.63, 3.8) is 0 Å². The van der Waals surface area contributed by atoms with Crippen LogP contribution in [-0.4, -0.2) is 12.2 Å². The van der Waals surface area contributed by atoms with Crippen molar-refractivity contribution in [2.45, 2.75) is 13.0 Å². The van der Waals surface area contributed by atoms with E-state index in [-0.39, 0.29) is 0 Å². The van der Waals surface area contributed by atoms with Crippen LogP contribution in [0.3, 0.4) is 0 Å². The molecule has 0 radical (unpaired) electrons. The zero-order chi connectivity index (χ0) is 10.1. The van der Waals surface area contributed by atoms with E-state index >= 15 is 0 Å². The van der Waals surface area contributed by atoms with Crippen LogP contribution in [0.2, 0.25) is 0 Å². The number of benzene rings is 1. The van der Waals surface area contributed by atoms with Gasteiger partial charge in [-0.05, 0) is 32.2 Å². The summed E-state index contributed by atoms with van der Waals surface area (Å²) in [5.41, 5.74) is 0. The molecule has 1 aromatic carbocycles. The van der Waals surface area contributed by atoms with E-state index in [0.29, 0.717) is 11.8 Å². The lowest BCUT2D eigenvalue weighted by molar-refractivity contribution is 0.481. The lowest BCUT2D eigenvalue weighted by atomic mass is 10.2. The zero-order valence-corrected chi connectivity index (χ0v) is 9.06. The number of nitrogens with one attached hydrogen (secondary N) is 1. The van der Waals surface area contributed by atoms with Gasteiger partial charge in [0.15, 0.2) is 0 Å². The van der Waals surface area contributed by atoms with Crippen molar-refractivity contribution in [1.82, 2.24) is 5.32 Å². The molecule has 0 aliphatic rings. The molecule has 0 spiro atoms. The molecule has 0 aliphatic heterocycles. The Bertz CT molecular complexity index is 449. The first kappa shape index (κ1) is 9.49. The van der Waals surface area contributed by atoms with Crippen LogP contribution in [0.1, 0.15) is 17.8 Å². The standard InChI is InChI=1S/C11H13NOS/c1-7(12-2)11-6-8-9(13)4-3-5-10(8)14-11/h3-7,12-13H,1-2H3. The van der Waals surface area contributed by atoms with E-state index < -0.39 is 0 Å². The van der Waals surface area contributed by atoms with Gasteiger partial charge in [-0.3, -0.25) is 0 Å². The summed E-state index contributed by atoms with van der Waals surface area (Å²) in [6, 6.07) is 8.03. The average molecular weight is 207 g/mol. The number of rotatable bonds is 2. The number of hydrogen-bond donors (Lipinski definition) is 2. The maximum absolute atomic E-state index is 9.63. The molecule has 2 N–H and O–H groups in total. The third-order valence-electron chi connectivity index (χ3n) is 2.42. The molecule has 0 fully saturated rings. The van der Waals surface area contributed by atoms with Gasteiger partial charge in [-0.25, -0.2) is 0 Å². The van der Waals surface area contributed by atoms with Crippen molar-refractivity contribution in [1.29, 1.82) is 0 Å². The summed E-state index contributed by atoms with van der Waals surface area (Å²) in [5.74, 6) is 0.369. The molecular weight excluding hydrogens is 194 g/mol. The number of thiophene rings is 1. The number of fused-ring (bicyclic) bond motifs is 1. The second-order valence-corrected chi connectivity index (χ2v) is 4.46. The van der Waals surface area contributed by atoms with Crippen molar-refractivity contribution in [2.75, 3.05) is 7.05 Å². The van der Waals surface area contributed by atoms with Gasteiger partial charge in [-0.2, -0.15) is 0 Å². The highest BCUT2D eigenvalue weighted by Crippen LogP contribution is 2.34. The van der Waals surface area contributed by atoms with Crippen LogP contribution in [-0.2, 0) is 0 Å². The van der Waals surface area contributed by atoms with Gasteiger partial charge in [0.2, 0.25) is 0 Å². The Balaban J connectivity index is 2.56. The molecule has 1 atom stereocenters. The van der Waals surface area contributed by atoms with Gasteiger partial charge in [0.05, 0.1) is 0 Å². The van der Waals surface area contributed by atoms with Crippen LogP contribution in [0.15, 0.2) is 24.3 Å². The number of hydrogen-bond acceptors (Lipinski definition) is 3. The molecule has 2 nitrogen and oxygen atoms in total. The lowest BCUT2D eigenvalue weighted by Gasteiger charge is -2.05. The minimum Gasteiger partial charge on any atom is -0.507 e. The van der Waals surface area contributed by atoms with Crippen LogP contribution in [0, 0.1) is 0 Å². The second kappa shape index (κ2) is 3.59. The Labute approximate surface area is 87.2 Å². The van der Waals surface area contributed by atoms with E-state index in [1.807, 2.05) is 19.2 Å². The molecule has 0 aliphatic carbocycles. The molecule has 1 aromatic heterocycles. The predicted molar refractivity (Wildman–Crippen MR) is 61.0 cm³/mol. The molecule has 2 aromatic rings. The summed E-state index contributed by atoms with van der Waals surface area (Å²) in [5, 5.41) is 13.8. The van der Waals surface area contributed by atoms with Gasteiger partial charge in [0.25, 0.3) is 0 Å². The van der Waals surface area contributed by atoms with E-state index in [4.69, 9.17) is 0 Å². The molecule has 2 rings (SSSR count). The fourth-order valence-corrected chi connectivity index (χ4v) is 2.57. The van der Waals surface area contributed by atoms with Gasteiger partial charge in [0, 0.05) is 21.0 Å². The highest BCUT2D eigenvalue weighted by atomic mass is 32.1. The van der Waals surface area contributed by atoms with Gasteiger partial charge in [-0.1, -0.05) is 6.07 Å². The summed E-state index contributed by atoms with van der Waals surface area (Å²) >= 11 is 1.72. The third-order valence-corrected chi connectivity index (χ3v) is 3.70. The fraction of sp³-hybridized carbons (Fsp3) is 0.273. The molecule has 1 unspecified atom stereocenters. The molecule has 0 bridgehead atoms. The van der Waals surface area contributed by atoms with Crippen molar-refractivity contribution in [3.05, 3.63) is 29.1 Å². The maximum atomic E-state index is 9.63. The quantitative estimate of drug-likeness (QED) is 0.793. The third kappa shape index (κ3) is 1.49. The Kier molecular flexibility index (Phi) is 2.44. The van der Waals surface area contributed by atoms with E-state index in [9.17, 15) is 5.11 Å². The first-order chi connectivity index (χ1) is 6.72. The normalized spacial score (nSPS) is 13.3.